The highest BCUT2D eigenvalue weighted by atomic mass is 32.2. The number of halogens is 2. The van der Waals surface area contributed by atoms with Gasteiger partial charge in [0, 0.05) is 12.1 Å². The molecule has 1 aliphatic carbocycles. The normalized spacial score (nSPS) is 27.5. The van der Waals surface area contributed by atoms with Gasteiger partial charge in [-0.15, -0.1) is 0 Å². The first-order chi connectivity index (χ1) is 9.36. The SMILES string of the molecule is CCC1CCC(N)C(S(=O)(=O)c2ccc(F)cc2F)C1. The van der Waals surface area contributed by atoms with E-state index in [2.05, 4.69) is 0 Å². The number of hydrogen-bond acceptors (Lipinski definition) is 3. The smallest absolute Gasteiger partial charge is 0.185 e. The van der Waals surface area contributed by atoms with Gasteiger partial charge in [-0.3, -0.25) is 0 Å². The molecule has 0 aliphatic heterocycles. The third-order valence-electron chi connectivity index (χ3n) is 4.13. The van der Waals surface area contributed by atoms with Gasteiger partial charge in [0.25, 0.3) is 0 Å². The molecule has 3 atom stereocenters. The molecule has 1 saturated carbocycles. The predicted molar refractivity (Wildman–Crippen MR) is 72.9 cm³/mol. The quantitative estimate of drug-likeness (QED) is 0.873. The molecule has 0 spiro atoms. The molecule has 3 nitrogen and oxygen atoms in total. The Kier molecular flexibility index (Phi) is 4.44. The molecule has 0 heterocycles. The average molecular weight is 303 g/mol. The lowest BCUT2D eigenvalue weighted by Gasteiger charge is -2.33. The van der Waals surface area contributed by atoms with Crippen LogP contribution in [0.2, 0.25) is 0 Å². The fourth-order valence-electron chi connectivity index (χ4n) is 2.83. The summed E-state index contributed by atoms with van der Waals surface area (Å²) < 4.78 is 51.8. The maximum Gasteiger partial charge on any atom is 0.185 e. The molecular weight excluding hydrogens is 284 g/mol. The highest BCUT2D eigenvalue weighted by Crippen LogP contribution is 2.33. The van der Waals surface area contributed by atoms with Gasteiger partial charge in [-0.25, -0.2) is 17.2 Å². The maximum absolute atomic E-state index is 13.7. The summed E-state index contributed by atoms with van der Waals surface area (Å²) in [6.07, 6.45) is 2.84. The van der Waals surface area contributed by atoms with E-state index >= 15 is 0 Å². The fourth-order valence-corrected chi connectivity index (χ4v) is 4.87. The molecule has 6 heteroatoms. The van der Waals surface area contributed by atoms with Crippen LogP contribution in [-0.4, -0.2) is 19.7 Å². The first-order valence-corrected chi connectivity index (χ1v) is 8.35. The standard InChI is InChI=1S/C14H19F2NO2S/c1-2-9-3-5-12(17)14(7-9)20(18,19)13-6-4-10(15)8-11(13)16/h4,6,8-9,12,14H,2-3,5,7,17H2,1H3. The van der Waals surface area contributed by atoms with Crippen LogP contribution < -0.4 is 5.73 Å². The van der Waals surface area contributed by atoms with Crippen molar-refractivity contribution >= 4 is 9.84 Å². The van der Waals surface area contributed by atoms with Gasteiger partial charge >= 0.3 is 0 Å². The first-order valence-electron chi connectivity index (χ1n) is 6.80. The lowest BCUT2D eigenvalue weighted by Crippen LogP contribution is -2.45. The minimum Gasteiger partial charge on any atom is -0.327 e. The van der Waals surface area contributed by atoms with E-state index in [4.69, 9.17) is 5.73 Å². The van der Waals surface area contributed by atoms with Crippen LogP contribution in [-0.2, 0) is 9.84 Å². The van der Waals surface area contributed by atoms with E-state index < -0.39 is 37.7 Å². The average Bonchev–Trinajstić information content (AvgIpc) is 2.38. The second-order valence-electron chi connectivity index (χ2n) is 5.41. The molecule has 112 valence electrons. The van der Waals surface area contributed by atoms with Crippen molar-refractivity contribution in [2.45, 2.75) is 48.8 Å². The topological polar surface area (TPSA) is 60.2 Å². The summed E-state index contributed by atoms with van der Waals surface area (Å²) in [5, 5.41) is -0.791. The first kappa shape index (κ1) is 15.4. The second-order valence-corrected chi connectivity index (χ2v) is 7.54. The van der Waals surface area contributed by atoms with Crippen LogP contribution in [0.15, 0.2) is 23.1 Å². The third-order valence-corrected chi connectivity index (χ3v) is 6.41. The van der Waals surface area contributed by atoms with Crippen molar-refractivity contribution in [3.63, 3.8) is 0 Å². The largest absolute Gasteiger partial charge is 0.327 e. The van der Waals surface area contributed by atoms with Crippen LogP contribution in [0.3, 0.4) is 0 Å². The predicted octanol–water partition coefficient (Wildman–Crippen LogP) is 2.64. The molecule has 0 saturated heterocycles. The zero-order valence-electron chi connectivity index (χ0n) is 11.4. The van der Waals surface area contributed by atoms with E-state index in [-0.39, 0.29) is 5.92 Å². The van der Waals surface area contributed by atoms with Crippen molar-refractivity contribution in [1.82, 2.24) is 0 Å². The minimum atomic E-state index is -3.87. The summed E-state index contributed by atoms with van der Waals surface area (Å²) >= 11 is 0. The maximum atomic E-state index is 13.7. The van der Waals surface area contributed by atoms with E-state index in [1.54, 1.807) is 0 Å². The highest BCUT2D eigenvalue weighted by Gasteiger charge is 2.38. The van der Waals surface area contributed by atoms with E-state index in [1.165, 1.54) is 0 Å². The number of hydrogen-bond donors (Lipinski definition) is 1. The molecule has 3 unspecified atom stereocenters. The van der Waals surface area contributed by atoms with Crippen LogP contribution >= 0.6 is 0 Å². The fraction of sp³-hybridized carbons (Fsp3) is 0.571. The molecule has 1 aliphatic rings. The Labute approximate surface area is 118 Å². The Hall–Kier alpha value is -1.01. The molecular formula is C14H19F2NO2S. The monoisotopic (exact) mass is 303 g/mol. The molecule has 1 aromatic carbocycles. The zero-order valence-corrected chi connectivity index (χ0v) is 12.2. The lowest BCUT2D eigenvalue weighted by atomic mass is 9.84. The Morgan fingerprint density at radius 3 is 2.60 bits per heavy atom. The summed E-state index contributed by atoms with van der Waals surface area (Å²) in [4.78, 5) is -0.448. The minimum absolute atomic E-state index is 0.290. The number of benzene rings is 1. The number of nitrogens with two attached hydrogens (primary N) is 1. The molecule has 1 fully saturated rings. The van der Waals surface area contributed by atoms with E-state index in [1.807, 2.05) is 6.92 Å². The molecule has 0 radical (unpaired) electrons. The Bertz CT molecular complexity index is 589. The molecule has 0 amide bonds. The highest BCUT2D eigenvalue weighted by molar-refractivity contribution is 7.92. The Balaban J connectivity index is 2.38. The van der Waals surface area contributed by atoms with E-state index in [0.717, 1.165) is 25.0 Å². The summed E-state index contributed by atoms with van der Waals surface area (Å²) in [5.74, 6) is -1.55. The van der Waals surface area contributed by atoms with Gasteiger partial charge < -0.3 is 5.73 Å². The zero-order chi connectivity index (χ0) is 14.9. The van der Waals surface area contributed by atoms with Crippen molar-refractivity contribution < 1.29 is 17.2 Å². The van der Waals surface area contributed by atoms with E-state index in [0.29, 0.717) is 18.9 Å². The van der Waals surface area contributed by atoms with Gasteiger partial charge in [0.2, 0.25) is 0 Å². The summed E-state index contributed by atoms with van der Waals surface area (Å²) in [6, 6.07) is 2.05. The van der Waals surface area contributed by atoms with Crippen molar-refractivity contribution in [2.75, 3.05) is 0 Å². The van der Waals surface area contributed by atoms with Gasteiger partial charge in [0.15, 0.2) is 9.84 Å². The van der Waals surface area contributed by atoms with Crippen LogP contribution in [0, 0.1) is 17.6 Å². The number of sulfone groups is 1. The van der Waals surface area contributed by atoms with E-state index in [9.17, 15) is 17.2 Å². The second kappa shape index (κ2) is 5.77. The summed E-state index contributed by atoms with van der Waals surface area (Å²) in [6.45, 7) is 2.00. The summed E-state index contributed by atoms with van der Waals surface area (Å²) in [7, 11) is -3.87. The molecule has 0 bridgehead atoms. The molecule has 0 aromatic heterocycles. The van der Waals surface area contributed by atoms with Crippen molar-refractivity contribution in [2.24, 2.45) is 11.7 Å². The van der Waals surface area contributed by atoms with Gasteiger partial charge in [0.1, 0.15) is 16.5 Å². The van der Waals surface area contributed by atoms with Gasteiger partial charge in [0.05, 0.1) is 5.25 Å². The molecule has 2 rings (SSSR count). The van der Waals surface area contributed by atoms with Crippen molar-refractivity contribution in [1.29, 1.82) is 0 Å². The van der Waals surface area contributed by atoms with Crippen LogP contribution in [0.5, 0.6) is 0 Å². The van der Waals surface area contributed by atoms with Crippen LogP contribution in [0.25, 0.3) is 0 Å². The van der Waals surface area contributed by atoms with Crippen molar-refractivity contribution in [3.8, 4) is 0 Å². The number of rotatable bonds is 3. The molecule has 1 aromatic rings. The Morgan fingerprint density at radius 1 is 1.30 bits per heavy atom. The van der Waals surface area contributed by atoms with Crippen molar-refractivity contribution in [3.05, 3.63) is 29.8 Å². The lowest BCUT2D eigenvalue weighted by molar-refractivity contribution is 0.318. The molecule has 20 heavy (non-hydrogen) atoms. The molecule has 2 N–H and O–H groups in total. The van der Waals surface area contributed by atoms with Crippen LogP contribution in [0.4, 0.5) is 8.78 Å². The third kappa shape index (κ3) is 2.86. The summed E-state index contributed by atoms with van der Waals surface area (Å²) in [5.41, 5.74) is 5.92. The van der Waals surface area contributed by atoms with Gasteiger partial charge in [-0.05, 0) is 37.3 Å². The van der Waals surface area contributed by atoms with Gasteiger partial charge in [-0.2, -0.15) is 0 Å². The Morgan fingerprint density at radius 2 is 2.00 bits per heavy atom. The van der Waals surface area contributed by atoms with Gasteiger partial charge in [-0.1, -0.05) is 13.3 Å². The van der Waals surface area contributed by atoms with Crippen LogP contribution in [0.1, 0.15) is 32.6 Å².